The topological polar surface area (TPSA) is 90.9 Å². The van der Waals surface area contributed by atoms with Crippen molar-refractivity contribution in [2.45, 2.75) is 12.8 Å². The van der Waals surface area contributed by atoms with Crippen molar-refractivity contribution in [3.63, 3.8) is 0 Å². The zero-order valence-electron chi connectivity index (χ0n) is 15.2. The second kappa shape index (κ2) is 7.49. The van der Waals surface area contributed by atoms with E-state index in [-0.39, 0.29) is 28.9 Å². The summed E-state index contributed by atoms with van der Waals surface area (Å²) in [7, 11) is 2.88. The second-order valence-corrected chi connectivity index (χ2v) is 6.05. The number of ether oxygens (including phenoxy) is 3. The van der Waals surface area contributed by atoms with Crippen LogP contribution in [-0.4, -0.2) is 38.5 Å². The van der Waals surface area contributed by atoms with Gasteiger partial charge in [0.2, 0.25) is 5.91 Å². The molecule has 1 N–H and O–H groups in total. The van der Waals surface area contributed by atoms with Crippen molar-refractivity contribution in [2.24, 2.45) is 0 Å². The van der Waals surface area contributed by atoms with Crippen molar-refractivity contribution in [2.75, 3.05) is 26.1 Å². The van der Waals surface area contributed by atoms with Gasteiger partial charge in [-0.2, -0.15) is 0 Å². The number of rotatable bonds is 6. The summed E-state index contributed by atoms with van der Waals surface area (Å²) < 4.78 is 15.5. The number of carbonyl (C=O) groups excluding carboxylic acids is 3. The molecule has 1 aliphatic rings. The number of para-hydroxylation sites is 1. The zero-order chi connectivity index (χ0) is 19.6. The van der Waals surface area contributed by atoms with Crippen LogP contribution in [0.3, 0.4) is 0 Å². The van der Waals surface area contributed by atoms with Crippen LogP contribution < -0.4 is 14.8 Å². The first-order chi connectivity index (χ1) is 13.0. The highest BCUT2D eigenvalue weighted by molar-refractivity contribution is 6.05. The van der Waals surface area contributed by atoms with Gasteiger partial charge in [-0.25, -0.2) is 4.79 Å². The average molecular weight is 369 g/mol. The van der Waals surface area contributed by atoms with Gasteiger partial charge >= 0.3 is 5.97 Å². The van der Waals surface area contributed by atoms with E-state index < -0.39 is 12.6 Å². The number of nitrogens with one attached hydrogen (secondary N) is 1. The van der Waals surface area contributed by atoms with Gasteiger partial charge in [0.1, 0.15) is 5.56 Å². The largest absolute Gasteiger partial charge is 0.493 e. The lowest BCUT2D eigenvalue weighted by atomic mass is 9.99. The molecule has 7 nitrogen and oxygen atoms in total. The third kappa shape index (κ3) is 3.48. The van der Waals surface area contributed by atoms with E-state index in [2.05, 4.69) is 5.32 Å². The van der Waals surface area contributed by atoms with Gasteiger partial charge in [0, 0.05) is 11.3 Å². The van der Waals surface area contributed by atoms with Crippen molar-refractivity contribution in [1.29, 1.82) is 0 Å². The molecular formula is C20H19NO6. The number of benzene rings is 2. The number of fused-ring (bicyclic) bond motifs is 1. The maximum absolute atomic E-state index is 12.4. The van der Waals surface area contributed by atoms with Crippen LogP contribution in [0.5, 0.6) is 11.5 Å². The molecule has 2 aromatic rings. The van der Waals surface area contributed by atoms with E-state index in [1.807, 2.05) is 0 Å². The Morgan fingerprint density at radius 1 is 1.11 bits per heavy atom. The second-order valence-electron chi connectivity index (χ2n) is 6.05. The van der Waals surface area contributed by atoms with Gasteiger partial charge in [0.05, 0.1) is 20.1 Å². The molecule has 0 radical (unpaired) electrons. The fraction of sp³-hybridized carbons (Fsp3) is 0.250. The minimum Gasteiger partial charge on any atom is -0.493 e. The number of hydrogen-bond donors (Lipinski definition) is 1. The van der Waals surface area contributed by atoms with Crippen molar-refractivity contribution < 1.29 is 28.6 Å². The fourth-order valence-corrected chi connectivity index (χ4v) is 2.93. The molecule has 0 spiro atoms. The van der Waals surface area contributed by atoms with Crippen LogP contribution in [-0.2, 0) is 9.53 Å². The molecule has 0 saturated heterocycles. The Labute approximate surface area is 156 Å². The third-order valence-electron chi connectivity index (χ3n) is 4.45. The summed E-state index contributed by atoms with van der Waals surface area (Å²) in [6.45, 7) is 1.35. The predicted molar refractivity (Wildman–Crippen MR) is 97.6 cm³/mol. The van der Waals surface area contributed by atoms with E-state index in [4.69, 9.17) is 14.2 Å². The average Bonchev–Trinajstić information content (AvgIpc) is 2.98. The van der Waals surface area contributed by atoms with Gasteiger partial charge in [-0.05, 0) is 42.8 Å². The Bertz CT molecular complexity index is 921. The lowest BCUT2D eigenvalue weighted by Crippen LogP contribution is -2.15. The van der Waals surface area contributed by atoms with Crippen LogP contribution in [0.1, 0.15) is 39.1 Å². The number of carbonyl (C=O) groups is 3. The van der Waals surface area contributed by atoms with Crippen LogP contribution >= 0.6 is 0 Å². The van der Waals surface area contributed by atoms with Crippen LogP contribution in [0.25, 0.3) is 0 Å². The van der Waals surface area contributed by atoms with Crippen molar-refractivity contribution in [3.05, 3.63) is 53.1 Å². The molecule has 0 aromatic heterocycles. The Morgan fingerprint density at radius 2 is 1.89 bits per heavy atom. The minimum absolute atomic E-state index is 0.105. The summed E-state index contributed by atoms with van der Waals surface area (Å²) in [5.41, 5.74) is 2.00. The van der Waals surface area contributed by atoms with Crippen LogP contribution in [0.2, 0.25) is 0 Å². The Hall–Kier alpha value is -3.35. The van der Waals surface area contributed by atoms with Crippen molar-refractivity contribution >= 4 is 23.3 Å². The number of methoxy groups -OCH3 is 2. The highest BCUT2D eigenvalue weighted by Crippen LogP contribution is 2.33. The molecule has 27 heavy (non-hydrogen) atoms. The van der Waals surface area contributed by atoms with Gasteiger partial charge in [0.15, 0.2) is 23.9 Å². The van der Waals surface area contributed by atoms with E-state index in [0.717, 1.165) is 5.56 Å². The summed E-state index contributed by atoms with van der Waals surface area (Å²) >= 11 is 0. The molecule has 0 aliphatic carbocycles. The highest BCUT2D eigenvalue weighted by atomic mass is 16.5. The van der Waals surface area contributed by atoms with Gasteiger partial charge < -0.3 is 19.5 Å². The van der Waals surface area contributed by atoms with Crippen molar-refractivity contribution in [3.8, 4) is 11.5 Å². The predicted octanol–water partition coefficient (Wildman–Crippen LogP) is 2.80. The van der Waals surface area contributed by atoms with Crippen LogP contribution in [0.15, 0.2) is 36.4 Å². The molecule has 1 atom stereocenters. The molecule has 1 aliphatic heterocycles. The van der Waals surface area contributed by atoms with Gasteiger partial charge in [-0.15, -0.1) is 0 Å². The molecule has 1 heterocycles. The maximum Gasteiger partial charge on any atom is 0.342 e. The summed E-state index contributed by atoms with van der Waals surface area (Å²) in [4.78, 5) is 36.5. The number of ketones is 1. The number of Topliss-reactive ketones (excluding diaryl/α,β-unsaturated/α-hetero) is 1. The molecular weight excluding hydrogens is 350 g/mol. The number of amides is 1. The molecule has 7 heteroatoms. The first-order valence-electron chi connectivity index (χ1n) is 8.32. The van der Waals surface area contributed by atoms with Gasteiger partial charge in [-0.3, -0.25) is 9.59 Å². The number of hydrogen-bond acceptors (Lipinski definition) is 6. The highest BCUT2D eigenvalue weighted by Gasteiger charge is 2.27. The summed E-state index contributed by atoms with van der Waals surface area (Å²) in [6, 6.07) is 9.74. The van der Waals surface area contributed by atoms with E-state index in [9.17, 15) is 14.4 Å². The lowest BCUT2D eigenvalue weighted by Gasteiger charge is -2.12. The summed E-state index contributed by atoms with van der Waals surface area (Å²) in [6.07, 6.45) is 0. The first kappa shape index (κ1) is 18.4. The fourth-order valence-electron chi connectivity index (χ4n) is 2.93. The van der Waals surface area contributed by atoms with E-state index in [1.54, 1.807) is 37.3 Å². The van der Waals surface area contributed by atoms with E-state index >= 15 is 0 Å². The normalized spacial score (nSPS) is 14.9. The molecule has 1 amide bonds. The smallest absolute Gasteiger partial charge is 0.342 e. The lowest BCUT2D eigenvalue weighted by molar-refractivity contribution is -0.116. The molecule has 140 valence electrons. The Kier molecular flexibility index (Phi) is 5.12. The van der Waals surface area contributed by atoms with Crippen LogP contribution in [0, 0.1) is 0 Å². The third-order valence-corrected chi connectivity index (χ3v) is 4.45. The van der Waals surface area contributed by atoms with Crippen LogP contribution in [0.4, 0.5) is 5.69 Å². The van der Waals surface area contributed by atoms with Gasteiger partial charge in [-0.1, -0.05) is 6.07 Å². The standard InChI is InChI=1S/C20H19NO6/c1-11-14-9-12(7-8-15(14)21-19(11)23)16(22)10-27-20(24)13-5-4-6-17(25-2)18(13)26-3/h4-9,11H,10H2,1-3H3,(H,21,23)/t11-/m0/s1. The number of esters is 1. The van der Waals surface area contributed by atoms with Crippen molar-refractivity contribution in [1.82, 2.24) is 0 Å². The SMILES string of the molecule is COc1cccc(C(=O)OCC(=O)c2ccc3c(c2)[C@H](C)C(=O)N3)c1OC. The maximum atomic E-state index is 12.4. The molecule has 0 fully saturated rings. The summed E-state index contributed by atoms with van der Waals surface area (Å²) in [5, 5.41) is 2.75. The first-order valence-corrected chi connectivity index (χ1v) is 8.32. The Morgan fingerprint density at radius 3 is 2.59 bits per heavy atom. The quantitative estimate of drug-likeness (QED) is 0.622. The van der Waals surface area contributed by atoms with E-state index in [1.165, 1.54) is 20.3 Å². The van der Waals surface area contributed by atoms with Gasteiger partial charge in [0.25, 0.3) is 0 Å². The minimum atomic E-state index is -0.689. The monoisotopic (exact) mass is 369 g/mol. The molecule has 3 rings (SSSR count). The summed E-state index contributed by atoms with van der Waals surface area (Å²) in [5.74, 6) is -0.844. The number of anilines is 1. The molecule has 2 aromatic carbocycles. The Balaban J connectivity index is 1.72. The zero-order valence-corrected chi connectivity index (χ0v) is 15.2. The van der Waals surface area contributed by atoms with E-state index in [0.29, 0.717) is 17.0 Å². The molecule has 0 bridgehead atoms. The molecule has 0 saturated carbocycles. The molecule has 0 unspecified atom stereocenters.